The highest BCUT2D eigenvalue weighted by molar-refractivity contribution is 5.92. The number of hydrogen-bond donors (Lipinski definition) is 1. The Morgan fingerprint density at radius 2 is 1.83 bits per heavy atom. The highest BCUT2D eigenvalue weighted by Crippen LogP contribution is 2.27. The van der Waals surface area contributed by atoms with Crippen LogP contribution in [0.1, 0.15) is 43.7 Å². The maximum Gasteiger partial charge on any atom is 0.246 e. The minimum atomic E-state index is 0.163. The van der Waals surface area contributed by atoms with Crippen LogP contribution in [0.3, 0.4) is 0 Å². The standard InChI is InChI=1S/C20H28N2O/c1-15(2)19-6-4-3-5-16(19)7-8-20(23)22-11-9-17-13-21-14-18(17)10-12-22/h3-8,15,17-18,21H,9-14H2,1-2H3/t17-,18+. The zero-order valence-electron chi connectivity index (χ0n) is 14.3. The molecule has 2 saturated heterocycles. The SMILES string of the molecule is CC(C)c1ccccc1C=CC(=O)N1CC[C@@H]2CNC[C@@H]2CC1. The number of nitrogens with one attached hydrogen (secondary N) is 1. The van der Waals surface area contributed by atoms with Crippen LogP contribution in [0.2, 0.25) is 0 Å². The number of rotatable bonds is 3. The van der Waals surface area contributed by atoms with Gasteiger partial charge in [-0.1, -0.05) is 38.1 Å². The molecule has 0 saturated carbocycles. The quantitative estimate of drug-likeness (QED) is 0.869. The molecule has 0 aliphatic carbocycles. The molecule has 3 rings (SSSR count). The molecule has 2 aliphatic heterocycles. The van der Waals surface area contributed by atoms with Gasteiger partial charge in [-0.05, 0) is 60.9 Å². The van der Waals surface area contributed by atoms with Crippen molar-refractivity contribution in [1.29, 1.82) is 0 Å². The third-order valence-electron chi connectivity index (χ3n) is 5.35. The molecule has 1 amide bonds. The number of carbonyl (C=O) groups is 1. The van der Waals surface area contributed by atoms with Crippen LogP contribution in [0.15, 0.2) is 30.3 Å². The van der Waals surface area contributed by atoms with E-state index in [9.17, 15) is 4.79 Å². The Morgan fingerprint density at radius 3 is 2.48 bits per heavy atom. The minimum Gasteiger partial charge on any atom is -0.339 e. The van der Waals surface area contributed by atoms with Gasteiger partial charge in [-0.15, -0.1) is 0 Å². The Labute approximate surface area is 139 Å². The average Bonchev–Trinajstić information content (AvgIpc) is 2.91. The van der Waals surface area contributed by atoms with E-state index in [0.717, 1.165) is 56.4 Å². The summed E-state index contributed by atoms with van der Waals surface area (Å²) in [7, 11) is 0. The summed E-state index contributed by atoms with van der Waals surface area (Å²) in [4.78, 5) is 14.6. The summed E-state index contributed by atoms with van der Waals surface area (Å²) in [5, 5.41) is 3.48. The van der Waals surface area contributed by atoms with Gasteiger partial charge in [-0.25, -0.2) is 0 Å². The molecule has 124 valence electrons. The Hall–Kier alpha value is -1.61. The van der Waals surface area contributed by atoms with Crippen LogP contribution in [-0.4, -0.2) is 37.0 Å². The first-order chi connectivity index (χ1) is 11.1. The van der Waals surface area contributed by atoms with Crippen molar-refractivity contribution in [3.63, 3.8) is 0 Å². The number of fused-ring (bicyclic) bond motifs is 1. The van der Waals surface area contributed by atoms with Gasteiger partial charge < -0.3 is 10.2 Å². The molecular formula is C20H28N2O. The van der Waals surface area contributed by atoms with E-state index in [-0.39, 0.29) is 5.91 Å². The molecule has 0 aromatic heterocycles. The second-order valence-electron chi connectivity index (χ2n) is 7.20. The van der Waals surface area contributed by atoms with E-state index in [0.29, 0.717) is 5.92 Å². The molecule has 2 fully saturated rings. The summed E-state index contributed by atoms with van der Waals surface area (Å²) in [5.41, 5.74) is 2.46. The van der Waals surface area contributed by atoms with Crippen molar-refractivity contribution in [1.82, 2.24) is 10.2 Å². The zero-order chi connectivity index (χ0) is 16.2. The van der Waals surface area contributed by atoms with Gasteiger partial charge in [0, 0.05) is 19.2 Å². The first-order valence-electron chi connectivity index (χ1n) is 8.92. The molecule has 1 aromatic carbocycles. The highest BCUT2D eigenvalue weighted by atomic mass is 16.2. The summed E-state index contributed by atoms with van der Waals surface area (Å²) >= 11 is 0. The predicted octanol–water partition coefficient (Wildman–Crippen LogP) is 3.28. The Bertz CT molecular complexity index is 565. The number of hydrogen-bond acceptors (Lipinski definition) is 2. The van der Waals surface area contributed by atoms with Gasteiger partial charge in [-0.2, -0.15) is 0 Å². The highest BCUT2D eigenvalue weighted by Gasteiger charge is 2.30. The molecule has 0 spiro atoms. The van der Waals surface area contributed by atoms with Crippen LogP contribution in [0.4, 0.5) is 0 Å². The van der Waals surface area contributed by atoms with Crippen LogP contribution >= 0.6 is 0 Å². The number of nitrogens with zero attached hydrogens (tertiary/aromatic N) is 1. The summed E-state index contributed by atoms with van der Waals surface area (Å²) in [5.74, 6) is 2.16. The third-order valence-corrected chi connectivity index (χ3v) is 5.35. The van der Waals surface area contributed by atoms with Gasteiger partial charge in [0.1, 0.15) is 0 Å². The molecule has 2 aliphatic rings. The molecule has 23 heavy (non-hydrogen) atoms. The lowest BCUT2D eigenvalue weighted by Crippen LogP contribution is -2.31. The lowest BCUT2D eigenvalue weighted by atomic mass is 9.92. The van der Waals surface area contributed by atoms with Crippen molar-refractivity contribution in [3.8, 4) is 0 Å². The van der Waals surface area contributed by atoms with Gasteiger partial charge in [0.25, 0.3) is 0 Å². The van der Waals surface area contributed by atoms with Crippen molar-refractivity contribution in [2.24, 2.45) is 11.8 Å². The Morgan fingerprint density at radius 1 is 1.17 bits per heavy atom. The number of likely N-dealkylation sites (tertiary alicyclic amines) is 1. The Kier molecular flexibility index (Phi) is 5.16. The van der Waals surface area contributed by atoms with Crippen LogP contribution in [0, 0.1) is 11.8 Å². The largest absolute Gasteiger partial charge is 0.339 e. The molecule has 2 atom stereocenters. The van der Waals surface area contributed by atoms with Gasteiger partial charge >= 0.3 is 0 Å². The van der Waals surface area contributed by atoms with Crippen molar-refractivity contribution in [2.75, 3.05) is 26.2 Å². The van der Waals surface area contributed by atoms with E-state index < -0.39 is 0 Å². The molecule has 0 radical (unpaired) electrons. The van der Waals surface area contributed by atoms with Crippen LogP contribution in [0.25, 0.3) is 6.08 Å². The van der Waals surface area contributed by atoms with Crippen molar-refractivity contribution >= 4 is 12.0 Å². The fourth-order valence-corrected chi connectivity index (χ4v) is 3.89. The van der Waals surface area contributed by atoms with Crippen LogP contribution in [-0.2, 0) is 4.79 Å². The van der Waals surface area contributed by atoms with Crippen LogP contribution in [0.5, 0.6) is 0 Å². The topological polar surface area (TPSA) is 32.3 Å². The second kappa shape index (κ2) is 7.31. The normalized spacial score (nSPS) is 24.9. The lowest BCUT2D eigenvalue weighted by Gasteiger charge is -2.19. The van der Waals surface area contributed by atoms with Crippen molar-refractivity contribution in [3.05, 3.63) is 41.5 Å². The van der Waals surface area contributed by atoms with E-state index in [4.69, 9.17) is 0 Å². The number of benzene rings is 1. The molecule has 3 nitrogen and oxygen atoms in total. The smallest absolute Gasteiger partial charge is 0.246 e. The van der Waals surface area contributed by atoms with Crippen LogP contribution < -0.4 is 5.32 Å². The summed E-state index contributed by atoms with van der Waals surface area (Å²) < 4.78 is 0. The maximum atomic E-state index is 12.5. The zero-order valence-corrected chi connectivity index (χ0v) is 14.3. The first kappa shape index (κ1) is 16.3. The molecule has 1 N–H and O–H groups in total. The van der Waals surface area contributed by atoms with E-state index in [2.05, 4.69) is 37.4 Å². The van der Waals surface area contributed by atoms with Gasteiger partial charge in [0.2, 0.25) is 5.91 Å². The molecule has 0 bridgehead atoms. The Balaban J connectivity index is 1.65. The predicted molar refractivity (Wildman–Crippen MR) is 95.2 cm³/mol. The van der Waals surface area contributed by atoms with Crippen molar-refractivity contribution < 1.29 is 4.79 Å². The molecular weight excluding hydrogens is 284 g/mol. The van der Waals surface area contributed by atoms with E-state index >= 15 is 0 Å². The number of amides is 1. The van der Waals surface area contributed by atoms with Gasteiger partial charge in [-0.3, -0.25) is 4.79 Å². The monoisotopic (exact) mass is 312 g/mol. The van der Waals surface area contributed by atoms with Gasteiger partial charge in [0.05, 0.1) is 0 Å². The first-order valence-corrected chi connectivity index (χ1v) is 8.92. The minimum absolute atomic E-state index is 0.163. The van der Waals surface area contributed by atoms with E-state index in [1.807, 2.05) is 17.0 Å². The van der Waals surface area contributed by atoms with E-state index in [1.165, 1.54) is 5.56 Å². The fourth-order valence-electron chi connectivity index (χ4n) is 3.89. The summed E-state index contributed by atoms with van der Waals surface area (Å²) in [6, 6.07) is 8.35. The summed E-state index contributed by atoms with van der Waals surface area (Å²) in [6.45, 7) is 8.44. The second-order valence-corrected chi connectivity index (χ2v) is 7.20. The lowest BCUT2D eigenvalue weighted by molar-refractivity contribution is -0.125. The van der Waals surface area contributed by atoms with Crippen molar-refractivity contribution in [2.45, 2.75) is 32.6 Å². The van der Waals surface area contributed by atoms with Gasteiger partial charge in [0.15, 0.2) is 0 Å². The fraction of sp³-hybridized carbons (Fsp3) is 0.550. The van der Waals surface area contributed by atoms with E-state index in [1.54, 1.807) is 6.08 Å². The molecule has 0 unspecified atom stereocenters. The maximum absolute atomic E-state index is 12.5. The average molecular weight is 312 g/mol. The third kappa shape index (κ3) is 3.84. The molecule has 1 aromatic rings. The molecule has 2 heterocycles. The number of carbonyl (C=O) groups excluding carboxylic acids is 1. The molecule has 3 heteroatoms. The summed E-state index contributed by atoms with van der Waals surface area (Å²) in [6.07, 6.45) is 6.03.